The van der Waals surface area contributed by atoms with Crippen molar-refractivity contribution in [3.8, 4) is 5.75 Å². The molecule has 1 aromatic rings. The second-order valence-corrected chi connectivity index (χ2v) is 4.66. The van der Waals surface area contributed by atoms with E-state index in [1.54, 1.807) is 0 Å². The lowest BCUT2D eigenvalue weighted by molar-refractivity contribution is -0.149. The van der Waals surface area contributed by atoms with Gasteiger partial charge >= 0.3 is 12.1 Å². The standard InChI is InChI=1S/C13H13F3O3/c1-19-12(18)8-4-7(5-8)10-6-9(13(14,15)16)2-3-11(10)17/h2-3,6-8,17H,4-5H2,1H3. The number of carbonyl (C=O) groups is 1. The number of hydrogen-bond donors (Lipinski definition) is 1. The van der Waals surface area contributed by atoms with Crippen molar-refractivity contribution < 1.29 is 27.8 Å². The largest absolute Gasteiger partial charge is 0.508 e. The van der Waals surface area contributed by atoms with Crippen LogP contribution in [0.15, 0.2) is 18.2 Å². The molecule has 1 fully saturated rings. The van der Waals surface area contributed by atoms with Gasteiger partial charge in [0.05, 0.1) is 18.6 Å². The first-order valence-corrected chi connectivity index (χ1v) is 5.81. The number of aromatic hydroxyl groups is 1. The molecule has 2 rings (SSSR count). The van der Waals surface area contributed by atoms with Gasteiger partial charge < -0.3 is 9.84 Å². The van der Waals surface area contributed by atoms with Crippen LogP contribution in [-0.4, -0.2) is 18.2 Å². The highest BCUT2D eigenvalue weighted by atomic mass is 19.4. The number of phenols is 1. The molecule has 0 bridgehead atoms. The maximum atomic E-state index is 12.6. The Hall–Kier alpha value is -1.72. The van der Waals surface area contributed by atoms with E-state index in [2.05, 4.69) is 4.74 Å². The first-order chi connectivity index (χ1) is 8.82. The van der Waals surface area contributed by atoms with Gasteiger partial charge in [0.1, 0.15) is 5.75 Å². The summed E-state index contributed by atoms with van der Waals surface area (Å²) in [6.07, 6.45) is -3.63. The van der Waals surface area contributed by atoms with Crippen LogP contribution in [0.2, 0.25) is 0 Å². The minimum atomic E-state index is -4.44. The van der Waals surface area contributed by atoms with E-state index in [-0.39, 0.29) is 29.1 Å². The van der Waals surface area contributed by atoms with Gasteiger partial charge in [0.2, 0.25) is 0 Å². The summed E-state index contributed by atoms with van der Waals surface area (Å²) in [5.41, 5.74) is -0.545. The van der Waals surface area contributed by atoms with Crippen molar-refractivity contribution in [3.05, 3.63) is 29.3 Å². The molecule has 3 nitrogen and oxygen atoms in total. The number of halogens is 3. The van der Waals surface area contributed by atoms with Gasteiger partial charge in [0.15, 0.2) is 0 Å². The zero-order valence-corrected chi connectivity index (χ0v) is 10.2. The number of rotatable bonds is 2. The summed E-state index contributed by atoms with van der Waals surface area (Å²) >= 11 is 0. The number of alkyl halides is 3. The summed E-state index contributed by atoms with van der Waals surface area (Å²) < 4.78 is 42.3. The number of ether oxygens (including phenoxy) is 1. The van der Waals surface area contributed by atoms with Crippen LogP contribution in [0.4, 0.5) is 13.2 Å². The summed E-state index contributed by atoms with van der Waals surface area (Å²) in [4.78, 5) is 11.2. The zero-order valence-electron chi connectivity index (χ0n) is 10.2. The molecule has 1 aliphatic rings. The normalized spacial score (nSPS) is 22.7. The smallest absolute Gasteiger partial charge is 0.416 e. The number of esters is 1. The molecular weight excluding hydrogens is 261 g/mol. The molecule has 0 aromatic heterocycles. The number of phenolic OH excluding ortho intramolecular Hbond substituents is 1. The van der Waals surface area contributed by atoms with Crippen LogP contribution in [0.3, 0.4) is 0 Å². The fraction of sp³-hybridized carbons (Fsp3) is 0.462. The molecule has 0 spiro atoms. The molecule has 19 heavy (non-hydrogen) atoms. The maximum absolute atomic E-state index is 12.6. The molecule has 104 valence electrons. The number of benzene rings is 1. The number of carbonyl (C=O) groups excluding carboxylic acids is 1. The van der Waals surface area contributed by atoms with Crippen LogP contribution in [0.5, 0.6) is 5.75 Å². The summed E-state index contributed by atoms with van der Waals surface area (Å²) in [6.45, 7) is 0. The summed E-state index contributed by atoms with van der Waals surface area (Å²) in [6, 6.07) is 2.84. The maximum Gasteiger partial charge on any atom is 0.416 e. The van der Waals surface area contributed by atoms with Crippen molar-refractivity contribution in [2.45, 2.75) is 24.9 Å². The lowest BCUT2D eigenvalue weighted by Crippen LogP contribution is -2.30. The first kappa shape index (κ1) is 13.7. The van der Waals surface area contributed by atoms with Gasteiger partial charge in [-0.2, -0.15) is 13.2 Å². The SMILES string of the molecule is COC(=O)C1CC(c2cc(C(F)(F)F)ccc2O)C1. The highest BCUT2D eigenvalue weighted by Crippen LogP contribution is 2.46. The molecule has 0 radical (unpaired) electrons. The van der Waals surface area contributed by atoms with Crippen LogP contribution < -0.4 is 0 Å². The van der Waals surface area contributed by atoms with E-state index in [4.69, 9.17) is 0 Å². The lowest BCUT2D eigenvalue weighted by atomic mass is 9.71. The molecule has 6 heteroatoms. The molecule has 1 saturated carbocycles. The van der Waals surface area contributed by atoms with Crippen LogP contribution >= 0.6 is 0 Å². The summed E-state index contributed by atoms with van der Waals surface area (Å²) in [7, 11) is 1.28. The fourth-order valence-electron chi connectivity index (χ4n) is 2.29. The van der Waals surface area contributed by atoms with Gasteiger partial charge in [-0.3, -0.25) is 4.79 Å². The third-order valence-corrected chi connectivity index (χ3v) is 3.47. The zero-order chi connectivity index (χ0) is 14.2. The van der Waals surface area contributed by atoms with Gasteiger partial charge in [-0.15, -0.1) is 0 Å². The quantitative estimate of drug-likeness (QED) is 0.843. The third-order valence-electron chi connectivity index (χ3n) is 3.47. The van der Waals surface area contributed by atoms with Crippen LogP contribution in [0, 0.1) is 5.92 Å². The van der Waals surface area contributed by atoms with Gasteiger partial charge in [0.25, 0.3) is 0 Å². The Morgan fingerprint density at radius 3 is 2.53 bits per heavy atom. The highest BCUT2D eigenvalue weighted by Gasteiger charge is 2.39. The van der Waals surface area contributed by atoms with E-state index in [0.717, 1.165) is 18.2 Å². The number of hydrogen-bond acceptors (Lipinski definition) is 3. The fourth-order valence-corrected chi connectivity index (χ4v) is 2.29. The summed E-state index contributed by atoms with van der Waals surface area (Å²) in [5, 5.41) is 9.63. The monoisotopic (exact) mass is 274 g/mol. The van der Waals surface area contributed by atoms with Gasteiger partial charge in [-0.05, 0) is 42.5 Å². The third kappa shape index (κ3) is 2.67. The Labute approximate surface area is 108 Å². The van der Waals surface area contributed by atoms with Crippen molar-refractivity contribution in [1.82, 2.24) is 0 Å². The second-order valence-electron chi connectivity index (χ2n) is 4.66. The molecule has 1 aliphatic carbocycles. The van der Waals surface area contributed by atoms with Crippen molar-refractivity contribution in [2.75, 3.05) is 7.11 Å². The molecule has 0 heterocycles. The average Bonchev–Trinajstić information content (AvgIpc) is 2.27. The van der Waals surface area contributed by atoms with E-state index < -0.39 is 11.7 Å². The van der Waals surface area contributed by atoms with Crippen molar-refractivity contribution >= 4 is 5.97 Å². The van der Waals surface area contributed by atoms with Crippen LogP contribution in [-0.2, 0) is 15.7 Å². The van der Waals surface area contributed by atoms with Crippen molar-refractivity contribution in [3.63, 3.8) is 0 Å². The van der Waals surface area contributed by atoms with Crippen LogP contribution in [0.25, 0.3) is 0 Å². The molecule has 0 aliphatic heterocycles. The Bertz CT molecular complexity index is 490. The molecule has 0 amide bonds. The average molecular weight is 274 g/mol. The van der Waals surface area contributed by atoms with E-state index in [1.165, 1.54) is 7.11 Å². The van der Waals surface area contributed by atoms with Gasteiger partial charge in [0, 0.05) is 0 Å². The Morgan fingerprint density at radius 2 is 2.00 bits per heavy atom. The Kier molecular flexibility index (Phi) is 3.43. The minimum Gasteiger partial charge on any atom is -0.508 e. The Balaban J connectivity index is 2.16. The predicted molar refractivity (Wildman–Crippen MR) is 60.6 cm³/mol. The number of methoxy groups -OCH3 is 1. The van der Waals surface area contributed by atoms with Gasteiger partial charge in [-0.1, -0.05) is 0 Å². The molecule has 0 unspecified atom stereocenters. The first-order valence-electron chi connectivity index (χ1n) is 5.81. The highest BCUT2D eigenvalue weighted by molar-refractivity contribution is 5.73. The van der Waals surface area contributed by atoms with Crippen molar-refractivity contribution in [1.29, 1.82) is 0 Å². The van der Waals surface area contributed by atoms with Crippen molar-refractivity contribution in [2.24, 2.45) is 5.92 Å². The van der Waals surface area contributed by atoms with Gasteiger partial charge in [-0.25, -0.2) is 0 Å². The predicted octanol–water partition coefficient (Wildman–Crippen LogP) is 3.08. The molecule has 1 aromatic carbocycles. The van der Waals surface area contributed by atoms with Crippen LogP contribution in [0.1, 0.15) is 29.9 Å². The molecule has 1 N–H and O–H groups in total. The van der Waals surface area contributed by atoms with E-state index in [0.29, 0.717) is 12.8 Å². The minimum absolute atomic E-state index is 0.165. The molecular formula is C13H13F3O3. The molecule has 0 atom stereocenters. The topological polar surface area (TPSA) is 46.5 Å². The Morgan fingerprint density at radius 1 is 1.37 bits per heavy atom. The second kappa shape index (κ2) is 4.75. The van der Waals surface area contributed by atoms with E-state index in [1.807, 2.05) is 0 Å². The van der Waals surface area contributed by atoms with E-state index >= 15 is 0 Å². The molecule has 0 saturated heterocycles. The lowest BCUT2D eigenvalue weighted by Gasteiger charge is -2.34. The van der Waals surface area contributed by atoms with E-state index in [9.17, 15) is 23.1 Å². The summed E-state index contributed by atoms with van der Waals surface area (Å²) in [5.74, 6) is -1.04.